The highest BCUT2D eigenvalue weighted by Gasteiger charge is 2.33. The summed E-state index contributed by atoms with van der Waals surface area (Å²) >= 11 is 1.82. The van der Waals surface area contributed by atoms with Crippen LogP contribution in [-0.2, 0) is 11.3 Å². The van der Waals surface area contributed by atoms with Crippen molar-refractivity contribution in [1.29, 1.82) is 0 Å². The van der Waals surface area contributed by atoms with Gasteiger partial charge in [-0.2, -0.15) is 0 Å². The molecule has 0 bridgehead atoms. The molecule has 1 aliphatic carbocycles. The molecule has 0 unspecified atom stereocenters. The van der Waals surface area contributed by atoms with E-state index >= 15 is 0 Å². The van der Waals surface area contributed by atoms with Crippen LogP contribution in [0.15, 0.2) is 12.1 Å². The molecule has 1 N–H and O–H groups in total. The van der Waals surface area contributed by atoms with E-state index < -0.39 is 0 Å². The number of piperidine rings is 1. The van der Waals surface area contributed by atoms with Gasteiger partial charge in [-0.3, -0.25) is 4.79 Å². The van der Waals surface area contributed by atoms with Crippen molar-refractivity contribution < 1.29 is 9.90 Å². The number of hydrogen-bond acceptors (Lipinski definition) is 4. The van der Waals surface area contributed by atoms with E-state index in [1.54, 1.807) is 0 Å². The Morgan fingerprint density at radius 1 is 1.25 bits per heavy atom. The minimum absolute atomic E-state index is 0.168. The van der Waals surface area contributed by atoms with Crippen LogP contribution in [0.25, 0.3) is 0 Å². The van der Waals surface area contributed by atoms with Crippen LogP contribution in [0.4, 0.5) is 0 Å². The van der Waals surface area contributed by atoms with Crippen LogP contribution < -0.4 is 0 Å². The van der Waals surface area contributed by atoms with Gasteiger partial charge in [0.05, 0.1) is 13.2 Å². The number of hydrogen-bond donors (Lipinski definition) is 1. The predicted molar refractivity (Wildman–Crippen MR) is 98.1 cm³/mol. The number of aliphatic hydroxyl groups excluding tert-OH is 1. The van der Waals surface area contributed by atoms with Crippen molar-refractivity contribution in [2.45, 2.75) is 58.0 Å². The fraction of sp³-hybridized carbons (Fsp3) is 0.737. The molecule has 24 heavy (non-hydrogen) atoms. The highest BCUT2D eigenvalue weighted by Crippen LogP contribution is 2.30. The maximum absolute atomic E-state index is 13.2. The molecule has 0 spiro atoms. The van der Waals surface area contributed by atoms with Crippen LogP contribution in [0, 0.1) is 12.8 Å². The number of β-amino-alcohol motifs (C(OH)–C–C–N with tert-alkyl or cyclic N) is 1. The number of carbonyl (C=O) groups excluding carboxylic acids is 1. The van der Waals surface area contributed by atoms with Gasteiger partial charge >= 0.3 is 0 Å². The van der Waals surface area contributed by atoms with Crippen LogP contribution in [0.1, 0.15) is 48.3 Å². The normalized spacial score (nSPS) is 20.6. The maximum atomic E-state index is 13.2. The quantitative estimate of drug-likeness (QED) is 0.858. The number of rotatable bonds is 6. The number of carbonyl (C=O) groups is 1. The maximum Gasteiger partial charge on any atom is 0.226 e. The minimum atomic E-state index is 0.168. The summed E-state index contributed by atoms with van der Waals surface area (Å²) < 4.78 is 0. The second-order valence-corrected chi connectivity index (χ2v) is 8.63. The number of aryl methyl sites for hydroxylation is 1. The molecule has 0 radical (unpaired) electrons. The average molecular weight is 351 g/mol. The van der Waals surface area contributed by atoms with E-state index in [2.05, 4.69) is 28.9 Å². The molecule has 1 saturated heterocycles. The van der Waals surface area contributed by atoms with Gasteiger partial charge in [0.15, 0.2) is 0 Å². The average Bonchev–Trinajstić information content (AvgIpc) is 3.25. The fourth-order valence-electron chi connectivity index (χ4n) is 4.12. The van der Waals surface area contributed by atoms with Gasteiger partial charge in [0, 0.05) is 28.3 Å². The van der Waals surface area contributed by atoms with Gasteiger partial charge in [0.25, 0.3) is 0 Å². The fourth-order valence-corrected chi connectivity index (χ4v) is 5.01. The second kappa shape index (κ2) is 8.45. The summed E-state index contributed by atoms with van der Waals surface area (Å²) in [5.74, 6) is 0.540. The molecule has 1 saturated carbocycles. The summed E-state index contributed by atoms with van der Waals surface area (Å²) in [7, 11) is 0. The lowest BCUT2D eigenvalue weighted by Crippen LogP contribution is -2.46. The molecular weight excluding hydrogens is 320 g/mol. The zero-order valence-corrected chi connectivity index (χ0v) is 15.6. The van der Waals surface area contributed by atoms with Gasteiger partial charge in [0.1, 0.15) is 0 Å². The standard InChI is InChI=1S/C19H30N2O2S/c1-15-6-7-18(24-15)14-21(17-4-2-3-5-17)19(23)16-8-10-20(11-9-16)12-13-22/h6-7,16-17,22H,2-5,8-14H2,1H3. The molecule has 1 amide bonds. The first-order valence-corrected chi connectivity index (χ1v) is 10.2. The molecular formula is C19H30N2O2S. The summed E-state index contributed by atoms with van der Waals surface area (Å²) in [5.41, 5.74) is 0. The first kappa shape index (κ1) is 17.9. The largest absolute Gasteiger partial charge is 0.395 e. The van der Waals surface area contributed by atoms with E-state index in [9.17, 15) is 4.79 Å². The van der Waals surface area contributed by atoms with Crippen molar-refractivity contribution >= 4 is 17.2 Å². The van der Waals surface area contributed by atoms with Crippen LogP contribution in [0.5, 0.6) is 0 Å². The molecule has 1 aromatic heterocycles. The van der Waals surface area contributed by atoms with E-state index in [4.69, 9.17) is 5.11 Å². The third kappa shape index (κ3) is 4.38. The lowest BCUT2D eigenvalue weighted by atomic mass is 9.94. The Bertz CT molecular complexity index is 531. The molecule has 2 fully saturated rings. The summed E-state index contributed by atoms with van der Waals surface area (Å²) in [6.45, 7) is 5.75. The SMILES string of the molecule is Cc1ccc(CN(C(=O)C2CCN(CCO)CC2)C2CCCC2)s1. The monoisotopic (exact) mass is 350 g/mol. The van der Waals surface area contributed by atoms with Crippen molar-refractivity contribution in [2.24, 2.45) is 5.92 Å². The lowest BCUT2D eigenvalue weighted by molar-refractivity contribution is -0.140. The van der Waals surface area contributed by atoms with Gasteiger partial charge in [0.2, 0.25) is 5.91 Å². The van der Waals surface area contributed by atoms with Crippen molar-refractivity contribution in [3.8, 4) is 0 Å². The summed E-state index contributed by atoms with van der Waals surface area (Å²) in [6.07, 6.45) is 6.72. The Hall–Kier alpha value is -0.910. The molecule has 1 aliphatic heterocycles. The van der Waals surface area contributed by atoms with Crippen molar-refractivity contribution in [3.05, 3.63) is 21.9 Å². The van der Waals surface area contributed by atoms with Crippen molar-refractivity contribution in [2.75, 3.05) is 26.2 Å². The first-order valence-electron chi connectivity index (χ1n) is 9.36. The van der Waals surface area contributed by atoms with E-state index in [0.717, 1.165) is 39.0 Å². The minimum Gasteiger partial charge on any atom is -0.395 e. The van der Waals surface area contributed by atoms with Gasteiger partial charge < -0.3 is 14.9 Å². The van der Waals surface area contributed by atoms with E-state index in [1.165, 1.54) is 35.4 Å². The summed E-state index contributed by atoms with van der Waals surface area (Å²) in [6, 6.07) is 4.78. The van der Waals surface area contributed by atoms with Crippen LogP contribution in [-0.4, -0.2) is 53.1 Å². The molecule has 3 rings (SSSR count). The Morgan fingerprint density at radius 3 is 2.54 bits per heavy atom. The van der Waals surface area contributed by atoms with Crippen molar-refractivity contribution in [1.82, 2.24) is 9.80 Å². The van der Waals surface area contributed by atoms with E-state index in [-0.39, 0.29) is 12.5 Å². The Labute approximate surface area is 149 Å². The number of likely N-dealkylation sites (tertiary alicyclic amines) is 1. The Kier molecular flexibility index (Phi) is 6.31. The molecule has 0 atom stereocenters. The number of amides is 1. The van der Waals surface area contributed by atoms with Crippen molar-refractivity contribution in [3.63, 3.8) is 0 Å². The van der Waals surface area contributed by atoms with Gasteiger partial charge in [-0.15, -0.1) is 11.3 Å². The highest BCUT2D eigenvalue weighted by atomic mass is 32.1. The van der Waals surface area contributed by atoms with Gasteiger partial charge in [-0.25, -0.2) is 0 Å². The predicted octanol–water partition coefficient (Wildman–Crippen LogP) is 3.03. The molecule has 0 aromatic carbocycles. The molecule has 4 nitrogen and oxygen atoms in total. The lowest BCUT2D eigenvalue weighted by Gasteiger charge is -2.36. The molecule has 2 heterocycles. The summed E-state index contributed by atoms with van der Waals surface area (Å²) in [5, 5.41) is 9.08. The topological polar surface area (TPSA) is 43.8 Å². The van der Waals surface area contributed by atoms with Crippen LogP contribution in [0.3, 0.4) is 0 Å². The third-order valence-corrected chi connectivity index (χ3v) is 6.51. The van der Waals surface area contributed by atoms with Gasteiger partial charge in [-0.05, 0) is 57.8 Å². The number of aliphatic hydroxyl groups is 1. The first-order chi connectivity index (χ1) is 11.7. The Morgan fingerprint density at radius 2 is 1.96 bits per heavy atom. The smallest absolute Gasteiger partial charge is 0.226 e. The molecule has 5 heteroatoms. The van der Waals surface area contributed by atoms with Crippen LogP contribution >= 0.6 is 11.3 Å². The van der Waals surface area contributed by atoms with Crippen LogP contribution in [0.2, 0.25) is 0 Å². The molecule has 134 valence electrons. The molecule has 1 aromatic rings. The number of thiophene rings is 1. The Balaban J connectivity index is 1.65. The zero-order valence-electron chi connectivity index (χ0n) is 14.7. The van der Waals surface area contributed by atoms with Gasteiger partial charge in [-0.1, -0.05) is 12.8 Å². The third-order valence-electron chi connectivity index (χ3n) is 5.52. The van der Waals surface area contributed by atoms with E-state index in [0.29, 0.717) is 11.9 Å². The zero-order chi connectivity index (χ0) is 16.9. The highest BCUT2D eigenvalue weighted by molar-refractivity contribution is 7.11. The number of nitrogens with zero attached hydrogens (tertiary/aromatic N) is 2. The second-order valence-electron chi connectivity index (χ2n) is 7.26. The summed E-state index contributed by atoms with van der Waals surface area (Å²) in [4.78, 5) is 20.3. The van der Waals surface area contributed by atoms with E-state index in [1.807, 2.05) is 11.3 Å². The molecule has 2 aliphatic rings.